The molecule has 35 heavy (non-hydrogen) atoms. The number of aliphatic imine (C=N–C) groups is 1. The van der Waals surface area contributed by atoms with Gasteiger partial charge >= 0.3 is 0 Å². The van der Waals surface area contributed by atoms with Gasteiger partial charge in [-0.2, -0.15) is 15.1 Å². The van der Waals surface area contributed by atoms with Crippen LogP contribution in [0.2, 0.25) is 0 Å². The van der Waals surface area contributed by atoms with Gasteiger partial charge in [0.05, 0.1) is 29.2 Å². The number of fused-ring (bicyclic) bond motifs is 1. The number of amidine groups is 2. The average molecular weight is 487 g/mol. The summed E-state index contributed by atoms with van der Waals surface area (Å²) in [5, 5.41) is 26.8. The Balaban J connectivity index is 1.46. The lowest BCUT2D eigenvalue weighted by atomic mass is 10.1. The fraction of sp³-hybridized carbons (Fsp3) is 0.0833. The van der Waals surface area contributed by atoms with Crippen molar-refractivity contribution in [1.29, 1.82) is 5.41 Å². The van der Waals surface area contributed by atoms with Gasteiger partial charge in [-0.25, -0.2) is 0 Å². The lowest BCUT2D eigenvalue weighted by molar-refractivity contribution is -0.384. The van der Waals surface area contributed by atoms with Crippen molar-refractivity contribution < 1.29 is 18.9 Å². The molecule has 0 bridgehead atoms. The van der Waals surface area contributed by atoms with Crippen LogP contribution in [0.4, 0.5) is 5.69 Å². The van der Waals surface area contributed by atoms with E-state index < -0.39 is 10.8 Å². The lowest BCUT2D eigenvalue weighted by Gasteiger charge is -2.19. The third kappa shape index (κ3) is 4.13. The second kappa shape index (κ2) is 8.69. The number of nitrogens with zero attached hydrogens (tertiary/aromatic N) is 4. The molecule has 2 aliphatic rings. The van der Waals surface area contributed by atoms with Crippen LogP contribution < -0.4 is 4.74 Å². The highest BCUT2D eigenvalue weighted by molar-refractivity contribution is 8.27. The number of amides is 1. The Hall–Kier alpha value is -4.51. The molecule has 10 nitrogen and oxygen atoms in total. The van der Waals surface area contributed by atoms with Gasteiger partial charge in [0.25, 0.3) is 11.6 Å². The number of aryl methyl sites for hydroxylation is 1. The molecule has 3 heterocycles. The average Bonchev–Trinajstić information content (AvgIpc) is 3.49. The fourth-order valence-corrected chi connectivity index (χ4v) is 4.49. The molecule has 0 aliphatic carbocycles. The number of hydrogen-bond donors (Lipinski definition) is 1. The third-order valence-electron chi connectivity index (χ3n) is 5.30. The Morgan fingerprint density at radius 1 is 1.20 bits per heavy atom. The molecule has 0 saturated carbocycles. The smallest absolute Gasteiger partial charge is 0.284 e. The number of hydrazone groups is 1. The molecule has 0 unspecified atom stereocenters. The summed E-state index contributed by atoms with van der Waals surface area (Å²) in [6, 6.07) is 15.3. The molecule has 174 valence electrons. The van der Waals surface area contributed by atoms with E-state index in [1.54, 1.807) is 18.2 Å². The van der Waals surface area contributed by atoms with Crippen LogP contribution in [0.25, 0.3) is 17.4 Å². The summed E-state index contributed by atoms with van der Waals surface area (Å²) in [6.45, 7) is 1.97. The zero-order valence-corrected chi connectivity index (χ0v) is 19.3. The van der Waals surface area contributed by atoms with Crippen molar-refractivity contribution in [1.82, 2.24) is 5.01 Å². The molecule has 3 aromatic rings. The van der Waals surface area contributed by atoms with E-state index in [0.29, 0.717) is 16.0 Å². The predicted molar refractivity (Wildman–Crippen MR) is 133 cm³/mol. The topological polar surface area (TPSA) is 134 Å². The number of thioether (sulfide) groups is 1. The molecule has 0 saturated heterocycles. The van der Waals surface area contributed by atoms with Crippen LogP contribution in [0.3, 0.4) is 0 Å². The van der Waals surface area contributed by atoms with E-state index in [4.69, 9.17) is 14.6 Å². The van der Waals surface area contributed by atoms with Crippen LogP contribution in [-0.4, -0.2) is 39.0 Å². The number of nitrogens with one attached hydrogen (secondary N) is 1. The van der Waals surface area contributed by atoms with Crippen LogP contribution in [0, 0.1) is 22.4 Å². The van der Waals surface area contributed by atoms with Crippen molar-refractivity contribution in [2.24, 2.45) is 10.1 Å². The third-order valence-corrected chi connectivity index (χ3v) is 6.26. The Labute approximate surface area is 203 Å². The van der Waals surface area contributed by atoms with Gasteiger partial charge in [0.1, 0.15) is 22.3 Å². The van der Waals surface area contributed by atoms with E-state index in [1.165, 1.54) is 42.1 Å². The maximum Gasteiger partial charge on any atom is 0.284 e. The quantitative estimate of drug-likeness (QED) is 0.309. The maximum absolute atomic E-state index is 12.7. The van der Waals surface area contributed by atoms with E-state index in [9.17, 15) is 14.9 Å². The highest BCUT2D eigenvalue weighted by Gasteiger charge is 2.36. The number of nitro groups is 1. The highest BCUT2D eigenvalue weighted by atomic mass is 32.2. The SMILES string of the molecule is COc1ccc(-c2ccc(/C=C3\C(=N)N4N=C(c5cccc(C)c5)SC4=NC3=O)o2)c([N+](=O)[O-])c1. The summed E-state index contributed by atoms with van der Waals surface area (Å²) < 4.78 is 10.8. The molecule has 2 aliphatic heterocycles. The molecule has 0 atom stereocenters. The number of methoxy groups -OCH3 is 1. The summed E-state index contributed by atoms with van der Waals surface area (Å²) in [4.78, 5) is 27.8. The first-order chi connectivity index (χ1) is 16.8. The normalized spacial score (nSPS) is 16.3. The molecule has 0 fully saturated rings. The first-order valence-corrected chi connectivity index (χ1v) is 11.2. The van der Waals surface area contributed by atoms with E-state index >= 15 is 0 Å². The molecular formula is C24H17N5O5S. The van der Waals surface area contributed by atoms with Crippen molar-refractivity contribution in [3.63, 3.8) is 0 Å². The number of rotatable bonds is 5. The minimum atomic E-state index is -0.595. The van der Waals surface area contributed by atoms with Gasteiger partial charge in [-0.3, -0.25) is 20.3 Å². The first-order valence-electron chi connectivity index (χ1n) is 10.3. The van der Waals surface area contributed by atoms with Crippen molar-refractivity contribution in [3.05, 3.63) is 87.2 Å². The van der Waals surface area contributed by atoms with Crippen molar-refractivity contribution in [2.75, 3.05) is 7.11 Å². The van der Waals surface area contributed by atoms with Crippen LogP contribution in [0.15, 0.2) is 74.7 Å². The Kier molecular flexibility index (Phi) is 5.53. The van der Waals surface area contributed by atoms with Gasteiger partial charge < -0.3 is 9.15 Å². The Bertz CT molecular complexity index is 1500. The van der Waals surface area contributed by atoms with Gasteiger partial charge in [-0.05, 0) is 55.1 Å². The fourth-order valence-electron chi connectivity index (χ4n) is 3.60. The minimum absolute atomic E-state index is 0.00581. The summed E-state index contributed by atoms with van der Waals surface area (Å²) in [5.74, 6) is 0.0953. The zero-order valence-electron chi connectivity index (χ0n) is 18.5. The monoisotopic (exact) mass is 487 g/mol. The Morgan fingerprint density at radius 2 is 2.03 bits per heavy atom. The van der Waals surface area contributed by atoms with Gasteiger partial charge in [-0.15, -0.1) is 0 Å². The standard InChI is InChI=1S/C24H17N5O5S/c1-13-4-3-5-14(10-13)23-27-28-21(25)18(22(30)26-24(28)35-23)11-16-7-9-20(34-16)17-8-6-15(33-2)12-19(17)29(31)32/h3-12,25H,1-2H3/b18-11+,25-21?. The maximum atomic E-state index is 12.7. The van der Waals surface area contributed by atoms with Crippen molar-refractivity contribution in [3.8, 4) is 17.1 Å². The molecule has 0 spiro atoms. The van der Waals surface area contributed by atoms with Crippen molar-refractivity contribution >= 4 is 45.5 Å². The number of carbonyl (C=O) groups excluding carboxylic acids is 1. The van der Waals surface area contributed by atoms with Crippen LogP contribution in [0.1, 0.15) is 16.9 Å². The van der Waals surface area contributed by atoms with Crippen LogP contribution in [0.5, 0.6) is 5.75 Å². The number of carbonyl (C=O) groups is 1. The largest absolute Gasteiger partial charge is 0.497 e. The zero-order chi connectivity index (χ0) is 24.7. The Morgan fingerprint density at radius 3 is 2.77 bits per heavy atom. The first kappa shape index (κ1) is 22.3. The van der Waals surface area contributed by atoms with Gasteiger partial charge in [0.15, 0.2) is 5.84 Å². The van der Waals surface area contributed by atoms with Gasteiger partial charge in [-0.1, -0.05) is 23.8 Å². The summed E-state index contributed by atoms with van der Waals surface area (Å²) in [5.41, 5.74) is 2.01. The molecule has 1 N–H and O–H groups in total. The van der Waals surface area contributed by atoms with Crippen molar-refractivity contribution in [2.45, 2.75) is 6.92 Å². The molecule has 1 amide bonds. The van der Waals surface area contributed by atoms with Gasteiger partial charge in [0, 0.05) is 5.56 Å². The number of ether oxygens (including phenoxy) is 1. The number of nitro benzene ring substituents is 1. The van der Waals surface area contributed by atoms with E-state index in [2.05, 4.69) is 10.1 Å². The van der Waals surface area contributed by atoms with Crippen LogP contribution >= 0.6 is 11.8 Å². The van der Waals surface area contributed by atoms with E-state index in [-0.39, 0.29) is 34.2 Å². The number of hydrogen-bond acceptors (Lipinski definition) is 8. The molecule has 1 aromatic heterocycles. The molecule has 2 aromatic carbocycles. The number of furan rings is 1. The highest BCUT2D eigenvalue weighted by Crippen LogP contribution is 2.35. The predicted octanol–water partition coefficient (Wildman–Crippen LogP) is 4.84. The van der Waals surface area contributed by atoms with E-state index in [0.717, 1.165) is 11.1 Å². The summed E-state index contributed by atoms with van der Waals surface area (Å²) in [6.07, 6.45) is 1.38. The summed E-state index contributed by atoms with van der Waals surface area (Å²) >= 11 is 1.22. The van der Waals surface area contributed by atoms with Crippen LogP contribution in [-0.2, 0) is 4.79 Å². The van der Waals surface area contributed by atoms with Gasteiger partial charge in [0.2, 0.25) is 5.17 Å². The number of benzene rings is 2. The molecule has 11 heteroatoms. The summed E-state index contributed by atoms with van der Waals surface area (Å²) in [7, 11) is 1.42. The molecule has 5 rings (SSSR count). The van der Waals surface area contributed by atoms with E-state index in [1.807, 2.05) is 31.2 Å². The second-order valence-corrected chi connectivity index (χ2v) is 8.59. The molecule has 0 radical (unpaired) electrons. The second-order valence-electron chi connectivity index (χ2n) is 7.64. The molecular weight excluding hydrogens is 470 g/mol. The lowest BCUT2D eigenvalue weighted by Crippen LogP contribution is -2.35. The minimum Gasteiger partial charge on any atom is -0.497 e.